The molecular formula is C16H21N3O4. The van der Waals surface area contributed by atoms with Gasteiger partial charge in [0.05, 0.1) is 0 Å². The second-order valence-electron chi connectivity index (χ2n) is 6.09. The number of fused-ring (bicyclic) bond motifs is 1. The van der Waals surface area contributed by atoms with E-state index in [4.69, 9.17) is 5.11 Å². The predicted octanol–water partition coefficient (Wildman–Crippen LogP) is 1.29. The lowest BCUT2D eigenvalue weighted by Gasteiger charge is -2.33. The molecule has 1 aromatic heterocycles. The number of nitrogens with one attached hydrogen (secondary N) is 1. The number of hydrogen-bond acceptors (Lipinski definition) is 3. The molecule has 1 saturated heterocycles. The molecule has 0 atom stereocenters. The molecule has 1 fully saturated rings. The monoisotopic (exact) mass is 319 g/mol. The molecule has 0 radical (unpaired) electrons. The number of carbonyl (C=O) groups is 3. The lowest BCUT2D eigenvalue weighted by molar-refractivity contribution is -0.132. The van der Waals surface area contributed by atoms with Crippen LogP contribution < -0.4 is 0 Å². The first-order chi connectivity index (χ1) is 11.1. The number of H-pyrrole nitrogens is 1. The SMILES string of the molecule is O=C1CCCc2[nH]cc(CCC(=O)N3CCN(C(=O)O)CC3)c21. The molecule has 23 heavy (non-hydrogen) atoms. The Morgan fingerprint density at radius 1 is 1.13 bits per heavy atom. The molecule has 7 nitrogen and oxygen atoms in total. The summed E-state index contributed by atoms with van der Waals surface area (Å²) in [5.74, 6) is 0.193. The Labute approximate surface area is 134 Å². The zero-order valence-electron chi connectivity index (χ0n) is 13.0. The van der Waals surface area contributed by atoms with Gasteiger partial charge in [-0.3, -0.25) is 9.59 Å². The fourth-order valence-electron chi connectivity index (χ4n) is 3.35. The number of carbonyl (C=O) groups excluding carboxylic acids is 2. The van der Waals surface area contributed by atoms with Gasteiger partial charge in [0.1, 0.15) is 0 Å². The van der Waals surface area contributed by atoms with E-state index >= 15 is 0 Å². The van der Waals surface area contributed by atoms with E-state index in [1.54, 1.807) is 4.90 Å². The van der Waals surface area contributed by atoms with E-state index in [1.165, 1.54) is 4.90 Å². The highest BCUT2D eigenvalue weighted by Gasteiger charge is 2.25. The third-order valence-electron chi connectivity index (χ3n) is 4.66. The second-order valence-corrected chi connectivity index (χ2v) is 6.09. The molecule has 3 rings (SSSR count). The number of nitrogens with zero attached hydrogens (tertiary/aromatic N) is 2. The third kappa shape index (κ3) is 3.23. The van der Waals surface area contributed by atoms with E-state index in [0.717, 1.165) is 29.7 Å². The minimum Gasteiger partial charge on any atom is -0.465 e. The maximum atomic E-state index is 12.3. The van der Waals surface area contributed by atoms with Crippen LogP contribution in [0, 0.1) is 0 Å². The van der Waals surface area contributed by atoms with E-state index < -0.39 is 6.09 Å². The zero-order valence-corrected chi connectivity index (χ0v) is 13.0. The summed E-state index contributed by atoms with van der Waals surface area (Å²) in [6.07, 6.45) is 4.19. The van der Waals surface area contributed by atoms with Crippen LogP contribution in [0.4, 0.5) is 4.79 Å². The standard InChI is InChI=1S/C16H21N3O4/c20-13-3-1-2-12-15(13)11(10-17-12)4-5-14(21)18-6-8-19(9-7-18)16(22)23/h10,17H,1-9H2,(H,22,23). The lowest BCUT2D eigenvalue weighted by Crippen LogP contribution is -2.50. The number of hydrogen-bond donors (Lipinski definition) is 2. The summed E-state index contributed by atoms with van der Waals surface area (Å²) in [5, 5.41) is 8.92. The van der Waals surface area contributed by atoms with Crippen LogP contribution in [-0.4, -0.2) is 63.9 Å². The number of aromatic amines is 1. The molecule has 7 heteroatoms. The summed E-state index contributed by atoms with van der Waals surface area (Å²) in [6, 6.07) is 0. The van der Waals surface area contributed by atoms with Gasteiger partial charge in [0, 0.05) is 56.5 Å². The van der Waals surface area contributed by atoms with Gasteiger partial charge in [-0.2, -0.15) is 0 Å². The average Bonchev–Trinajstić information content (AvgIpc) is 2.97. The van der Waals surface area contributed by atoms with Gasteiger partial charge in [-0.25, -0.2) is 4.79 Å². The molecule has 0 unspecified atom stereocenters. The van der Waals surface area contributed by atoms with E-state index in [9.17, 15) is 14.4 Å². The van der Waals surface area contributed by atoms with Crippen molar-refractivity contribution in [3.05, 3.63) is 23.0 Å². The van der Waals surface area contributed by atoms with Crippen LogP contribution in [-0.2, 0) is 17.6 Å². The molecule has 124 valence electrons. The van der Waals surface area contributed by atoms with E-state index in [-0.39, 0.29) is 11.7 Å². The molecule has 2 N–H and O–H groups in total. The molecule has 2 aliphatic rings. The Balaban J connectivity index is 1.55. The molecule has 1 aliphatic heterocycles. The predicted molar refractivity (Wildman–Crippen MR) is 82.6 cm³/mol. The first-order valence-corrected chi connectivity index (χ1v) is 8.04. The van der Waals surface area contributed by atoms with Crippen molar-refractivity contribution >= 4 is 17.8 Å². The smallest absolute Gasteiger partial charge is 0.407 e. The minimum atomic E-state index is -0.936. The summed E-state index contributed by atoms with van der Waals surface area (Å²) in [7, 11) is 0. The molecule has 0 saturated carbocycles. The van der Waals surface area contributed by atoms with Crippen LogP contribution in [0.5, 0.6) is 0 Å². The summed E-state index contributed by atoms with van der Waals surface area (Å²) in [5.41, 5.74) is 2.72. The van der Waals surface area contributed by atoms with Gasteiger partial charge in [-0.15, -0.1) is 0 Å². The first kappa shape index (κ1) is 15.6. The Bertz CT molecular complexity index is 629. The molecule has 0 spiro atoms. The zero-order chi connectivity index (χ0) is 16.4. The molecule has 0 aromatic carbocycles. The Morgan fingerprint density at radius 2 is 1.83 bits per heavy atom. The quantitative estimate of drug-likeness (QED) is 0.878. The van der Waals surface area contributed by atoms with Crippen molar-refractivity contribution in [2.75, 3.05) is 26.2 Å². The van der Waals surface area contributed by atoms with Crippen LogP contribution in [0.15, 0.2) is 6.20 Å². The van der Waals surface area contributed by atoms with E-state index in [1.807, 2.05) is 6.20 Å². The third-order valence-corrected chi connectivity index (χ3v) is 4.66. The topological polar surface area (TPSA) is 93.7 Å². The fourth-order valence-corrected chi connectivity index (χ4v) is 3.35. The maximum Gasteiger partial charge on any atom is 0.407 e. The fraction of sp³-hybridized carbons (Fsp3) is 0.562. The van der Waals surface area contributed by atoms with Gasteiger partial charge >= 0.3 is 6.09 Å². The number of piperazine rings is 1. The molecular weight excluding hydrogens is 298 g/mol. The molecule has 2 heterocycles. The summed E-state index contributed by atoms with van der Waals surface area (Å²) >= 11 is 0. The van der Waals surface area contributed by atoms with Gasteiger partial charge in [-0.1, -0.05) is 0 Å². The van der Waals surface area contributed by atoms with Crippen LogP contribution in [0.1, 0.15) is 40.9 Å². The summed E-state index contributed by atoms with van der Waals surface area (Å²) < 4.78 is 0. The second kappa shape index (κ2) is 6.44. The number of aryl methyl sites for hydroxylation is 2. The highest BCUT2D eigenvalue weighted by atomic mass is 16.4. The average molecular weight is 319 g/mol. The number of ketones is 1. The highest BCUT2D eigenvalue weighted by Crippen LogP contribution is 2.25. The number of amides is 2. The van der Waals surface area contributed by atoms with Crippen molar-refractivity contribution in [1.82, 2.24) is 14.8 Å². The molecule has 0 bridgehead atoms. The van der Waals surface area contributed by atoms with Gasteiger partial charge in [0.2, 0.25) is 5.91 Å². The number of aromatic nitrogens is 1. The van der Waals surface area contributed by atoms with Gasteiger partial charge in [0.25, 0.3) is 0 Å². The molecule has 1 aliphatic carbocycles. The van der Waals surface area contributed by atoms with E-state index in [0.29, 0.717) is 45.4 Å². The van der Waals surface area contributed by atoms with Crippen molar-refractivity contribution in [1.29, 1.82) is 0 Å². The van der Waals surface area contributed by atoms with Crippen molar-refractivity contribution in [2.45, 2.75) is 32.1 Å². The van der Waals surface area contributed by atoms with Gasteiger partial charge in [-0.05, 0) is 24.8 Å². The summed E-state index contributed by atoms with van der Waals surface area (Å²) in [6.45, 7) is 1.60. The van der Waals surface area contributed by atoms with Crippen molar-refractivity contribution in [2.24, 2.45) is 0 Å². The lowest BCUT2D eigenvalue weighted by atomic mass is 9.92. The normalized spacial score (nSPS) is 18.0. The van der Waals surface area contributed by atoms with Crippen molar-refractivity contribution < 1.29 is 19.5 Å². The van der Waals surface area contributed by atoms with Gasteiger partial charge < -0.3 is 19.9 Å². The Hall–Kier alpha value is -2.31. The van der Waals surface area contributed by atoms with E-state index in [2.05, 4.69) is 4.98 Å². The van der Waals surface area contributed by atoms with Crippen molar-refractivity contribution in [3.63, 3.8) is 0 Å². The maximum absolute atomic E-state index is 12.3. The van der Waals surface area contributed by atoms with Crippen LogP contribution in [0.2, 0.25) is 0 Å². The Morgan fingerprint density at radius 3 is 2.52 bits per heavy atom. The first-order valence-electron chi connectivity index (χ1n) is 8.04. The Kier molecular flexibility index (Phi) is 4.36. The number of rotatable bonds is 3. The molecule has 2 amide bonds. The number of carboxylic acid groups (broad SMARTS) is 1. The largest absolute Gasteiger partial charge is 0.465 e. The minimum absolute atomic E-state index is 0.0215. The number of Topliss-reactive ketones (excluding diaryl/α,β-unsaturated/α-hetero) is 1. The van der Waals surface area contributed by atoms with Gasteiger partial charge in [0.15, 0.2) is 5.78 Å². The van der Waals surface area contributed by atoms with Crippen LogP contribution in [0.3, 0.4) is 0 Å². The van der Waals surface area contributed by atoms with Crippen molar-refractivity contribution in [3.8, 4) is 0 Å². The highest BCUT2D eigenvalue weighted by molar-refractivity contribution is 5.99. The van der Waals surface area contributed by atoms with Crippen LogP contribution in [0.25, 0.3) is 0 Å². The van der Waals surface area contributed by atoms with Crippen LogP contribution >= 0.6 is 0 Å². The summed E-state index contributed by atoms with van der Waals surface area (Å²) in [4.78, 5) is 41.4. The molecule has 1 aromatic rings.